The number of hydrogen-bond donors (Lipinski definition) is 0. The zero-order valence-electron chi connectivity index (χ0n) is 22.1. The van der Waals surface area contributed by atoms with Crippen molar-refractivity contribution in [3.63, 3.8) is 0 Å². The SMILES string of the molecule is CCCCCCCCc1nnc(-c2ccc(OCCC)cc2C2CCC(CCCCC)CC2)s1. The van der Waals surface area contributed by atoms with Gasteiger partial charge >= 0.3 is 0 Å². The van der Waals surface area contributed by atoms with Crippen molar-refractivity contribution < 1.29 is 4.74 Å². The third-order valence-corrected chi connectivity index (χ3v) is 8.46. The lowest BCUT2D eigenvalue weighted by Gasteiger charge is -2.30. The summed E-state index contributed by atoms with van der Waals surface area (Å²) in [4.78, 5) is 0. The van der Waals surface area contributed by atoms with Crippen LogP contribution >= 0.6 is 11.3 Å². The molecule has 0 N–H and O–H groups in total. The molecule has 1 aromatic heterocycles. The van der Waals surface area contributed by atoms with Crippen LogP contribution in [0.4, 0.5) is 0 Å². The van der Waals surface area contributed by atoms with Gasteiger partial charge in [0.2, 0.25) is 0 Å². The first-order valence-corrected chi connectivity index (χ1v) is 15.2. The number of unbranched alkanes of at least 4 members (excludes halogenated alkanes) is 7. The minimum Gasteiger partial charge on any atom is -0.494 e. The Bertz CT molecular complexity index is 810. The fraction of sp³-hybridized carbons (Fsp3) is 0.733. The van der Waals surface area contributed by atoms with Crippen molar-refractivity contribution in [2.45, 2.75) is 129 Å². The molecule has 1 aliphatic carbocycles. The van der Waals surface area contributed by atoms with E-state index in [-0.39, 0.29) is 0 Å². The average Bonchev–Trinajstić information content (AvgIpc) is 3.34. The number of aryl methyl sites for hydroxylation is 1. The third-order valence-electron chi connectivity index (χ3n) is 7.44. The molecule has 1 aromatic carbocycles. The van der Waals surface area contributed by atoms with Crippen molar-refractivity contribution in [1.82, 2.24) is 10.2 Å². The van der Waals surface area contributed by atoms with Crippen LogP contribution in [0.3, 0.4) is 0 Å². The van der Waals surface area contributed by atoms with E-state index in [4.69, 9.17) is 4.74 Å². The molecule has 0 atom stereocenters. The molecule has 3 rings (SSSR count). The van der Waals surface area contributed by atoms with Crippen LogP contribution < -0.4 is 4.74 Å². The van der Waals surface area contributed by atoms with Crippen molar-refractivity contribution in [2.75, 3.05) is 6.61 Å². The smallest absolute Gasteiger partial charge is 0.148 e. The minimum absolute atomic E-state index is 0.619. The number of ether oxygens (including phenoxy) is 1. The summed E-state index contributed by atoms with van der Waals surface area (Å²) < 4.78 is 6.03. The van der Waals surface area contributed by atoms with Gasteiger partial charge in [0.05, 0.1) is 6.61 Å². The Morgan fingerprint density at radius 1 is 0.824 bits per heavy atom. The molecule has 0 radical (unpaired) electrons. The summed E-state index contributed by atoms with van der Waals surface area (Å²) in [5.41, 5.74) is 2.74. The van der Waals surface area contributed by atoms with E-state index in [1.54, 1.807) is 0 Å². The van der Waals surface area contributed by atoms with Crippen LogP contribution in [0.1, 0.15) is 134 Å². The molecule has 34 heavy (non-hydrogen) atoms. The van der Waals surface area contributed by atoms with Crippen LogP contribution in [0.25, 0.3) is 10.6 Å². The molecule has 2 aromatic rings. The van der Waals surface area contributed by atoms with Crippen molar-refractivity contribution >= 4 is 11.3 Å². The van der Waals surface area contributed by atoms with Gasteiger partial charge in [-0.2, -0.15) is 0 Å². The number of rotatable bonds is 16. The monoisotopic (exact) mass is 484 g/mol. The van der Waals surface area contributed by atoms with E-state index in [9.17, 15) is 0 Å². The second kappa shape index (κ2) is 15.5. The largest absolute Gasteiger partial charge is 0.494 e. The molecule has 1 heterocycles. The normalized spacial score (nSPS) is 18.3. The number of nitrogens with zero attached hydrogens (tertiary/aromatic N) is 2. The quantitative estimate of drug-likeness (QED) is 0.222. The number of benzene rings is 1. The maximum Gasteiger partial charge on any atom is 0.148 e. The predicted molar refractivity (Wildman–Crippen MR) is 147 cm³/mol. The molecular formula is C30H48N2OS. The second-order valence-corrected chi connectivity index (χ2v) is 11.4. The lowest BCUT2D eigenvalue weighted by atomic mass is 9.76. The fourth-order valence-electron chi connectivity index (χ4n) is 5.35. The molecule has 190 valence electrons. The van der Waals surface area contributed by atoms with Gasteiger partial charge in [-0.25, -0.2) is 0 Å². The van der Waals surface area contributed by atoms with Gasteiger partial charge in [0.25, 0.3) is 0 Å². The zero-order chi connectivity index (χ0) is 24.0. The highest BCUT2D eigenvalue weighted by atomic mass is 32.1. The van der Waals surface area contributed by atoms with E-state index >= 15 is 0 Å². The Kier molecular flexibility index (Phi) is 12.4. The van der Waals surface area contributed by atoms with Gasteiger partial charge in [0.1, 0.15) is 15.8 Å². The number of hydrogen-bond acceptors (Lipinski definition) is 4. The molecule has 0 unspecified atom stereocenters. The molecule has 4 heteroatoms. The van der Waals surface area contributed by atoms with Crippen LogP contribution in [0, 0.1) is 5.92 Å². The summed E-state index contributed by atoms with van der Waals surface area (Å²) in [7, 11) is 0. The molecule has 0 spiro atoms. The minimum atomic E-state index is 0.619. The lowest BCUT2D eigenvalue weighted by Crippen LogP contribution is -2.14. The molecule has 0 bridgehead atoms. The Balaban J connectivity index is 1.66. The molecule has 1 aliphatic rings. The van der Waals surface area contributed by atoms with Crippen molar-refractivity contribution in [3.8, 4) is 16.3 Å². The highest BCUT2D eigenvalue weighted by Crippen LogP contribution is 2.43. The van der Waals surface area contributed by atoms with Crippen LogP contribution in [0.15, 0.2) is 18.2 Å². The van der Waals surface area contributed by atoms with Crippen LogP contribution in [-0.4, -0.2) is 16.8 Å². The Morgan fingerprint density at radius 2 is 1.56 bits per heavy atom. The van der Waals surface area contributed by atoms with Crippen LogP contribution in [-0.2, 0) is 6.42 Å². The predicted octanol–water partition coefficient (Wildman–Crippen LogP) is 9.75. The van der Waals surface area contributed by atoms with Gasteiger partial charge in [-0.15, -0.1) is 10.2 Å². The van der Waals surface area contributed by atoms with Crippen LogP contribution in [0.5, 0.6) is 5.75 Å². The Morgan fingerprint density at radius 3 is 2.32 bits per heavy atom. The van der Waals surface area contributed by atoms with Gasteiger partial charge in [0.15, 0.2) is 0 Å². The Hall–Kier alpha value is -1.42. The first-order chi connectivity index (χ1) is 16.7. The summed E-state index contributed by atoms with van der Waals surface area (Å²) in [5.74, 6) is 2.56. The summed E-state index contributed by atoms with van der Waals surface area (Å²) in [5, 5.41) is 11.5. The topological polar surface area (TPSA) is 35.0 Å². The summed E-state index contributed by atoms with van der Waals surface area (Å²) in [6, 6.07) is 6.71. The van der Waals surface area contributed by atoms with Gasteiger partial charge < -0.3 is 4.74 Å². The first-order valence-electron chi connectivity index (χ1n) is 14.3. The average molecular weight is 485 g/mol. The maximum atomic E-state index is 6.03. The molecule has 0 saturated heterocycles. The van der Waals surface area contributed by atoms with Crippen molar-refractivity contribution in [1.29, 1.82) is 0 Å². The van der Waals surface area contributed by atoms with E-state index in [0.717, 1.165) is 36.1 Å². The number of aromatic nitrogens is 2. The van der Waals surface area contributed by atoms with E-state index in [0.29, 0.717) is 5.92 Å². The van der Waals surface area contributed by atoms with Gasteiger partial charge in [-0.3, -0.25) is 0 Å². The van der Waals surface area contributed by atoms with E-state index < -0.39 is 0 Å². The molecule has 1 saturated carbocycles. The summed E-state index contributed by atoms with van der Waals surface area (Å²) in [6.45, 7) is 7.53. The molecule has 3 nitrogen and oxygen atoms in total. The van der Waals surface area contributed by atoms with E-state index in [1.807, 2.05) is 11.3 Å². The van der Waals surface area contributed by atoms with Gasteiger partial charge in [0, 0.05) is 12.0 Å². The van der Waals surface area contributed by atoms with Gasteiger partial charge in [-0.1, -0.05) is 89.9 Å². The first kappa shape index (κ1) is 27.2. The fourth-order valence-corrected chi connectivity index (χ4v) is 6.28. The Labute approximate surface area is 213 Å². The van der Waals surface area contributed by atoms with Gasteiger partial charge in [-0.05, 0) is 74.1 Å². The third kappa shape index (κ3) is 8.66. The second-order valence-electron chi connectivity index (χ2n) is 10.3. The molecular weight excluding hydrogens is 436 g/mol. The van der Waals surface area contributed by atoms with E-state index in [1.165, 1.54) is 106 Å². The molecule has 0 aliphatic heterocycles. The maximum absolute atomic E-state index is 6.03. The highest BCUT2D eigenvalue weighted by molar-refractivity contribution is 7.14. The molecule has 1 fully saturated rings. The van der Waals surface area contributed by atoms with Crippen LogP contribution in [0.2, 0.25) is 0 Å². The summed E-state index contributed by atoms with van der Waals surface area (Å²) >= 11 is 1.81. The lowest BCUT2D eigenvalue weighted by molar-refractivity contribution is 0.300. The van der Waals surface area contributed by atoms with Crippen molar-refractivity contribution in [2.24, 2.45) is 5.92 Å². The van der Waals surface area contributed by atoms with E-state index in [2.05, 4.69) is 49.2 Å². The highest BCUT2D eigenvalue weighted by Gasteiger charge is 2.25. The zero-order valence-corrected chi connectivity index (χ0v) is 22.9. The molecule has 0 amide bonds. The standard InChI is InChI=1S/C30H48N2OS/c1-4-7-9-10-11-13-15-29-31-32-30(34-29)27-21-20-26(33-22-6-3)23-28(27)25-18-16-24(17-19-25)14-12-8-5-2/h20-21,23-25H,4-19,22H2,1-3H3. The summed E-state index contributed by atoms with van der Waals surface area (Å²) in [6.07, 6.45) is 20.9. The van der Waals surface area contributed by atoms with Crippen molar-refractivity contribution in [3.05, 3.63) is 28.8 Å².